The molecule has 3 heteroatoms. The number of hydrogen-bond donors (Lipinski definition) is 1. The molecule has 1 aliphatic heterocycles. The Bertz CT molecular complexity index is 680. The Morgan fingerprint density at radius 3 is 2.84 bits per heavy atom. The maximum atomic E-state index is 6.01. The second-order valence-electron chi connectivity index (χ2n) is 6.17. The summed E-state index contributed by atoms with van der Waals surface area (Å²) in [6.45, 7) is 4.16. The van der Waals surface area contributed by atoms with Crippen LogP contribution in [0.3, 0.4) is 0 Å². The highest BCUT2D eigenvalue weighted by Crippen LogP contribution is 2.49. The molecule has 1 aliphatic carbocycles. The van der Waals surface area contributed by atoms with E-state index in [0.717, 1.165) is 13.1 Å². The fraction of sp³-hybridized carbons (Fsp3) is 0.500. The van der Waals surface area contributed by atoms with E-state index >= 15 is 0 Å². The van der Waals surface area contributed by atoms with Crippen LogP contribution in [0.2, 0.25) is 0 Å². The van der Waals surface area contributed by atoms with Crippen LogP contribution in [-0.4, -0.2) is 11.1 Å². The smallest absolute Gasteiger partial charge is 0.0526 e. The molecule has 2 aromatic rings. The maximum absolute atomic E-state index is 6.01. The SMILES string of the molecule is Cc1c(Br)c2cc(C3(CN)CC3)cc3c2n1CCC3. The lowest BCUT2D eigenvalue weighted by atomic mass is 9.91. The zero-order valence-corrected chi connectivity index (χ0v) is 12.9. The van der Waals surface area contributed by atoms with E-state index in [0.29, 0.717) is 0 Å². The Morgan fingerprint density at radius 1 is 1.37 bits per heavy atom. The fourth-order valence-electron chi connectivity index (χ4n) is 3.63. The first-order chi connectivity index (χ1) is 9.16. The van der Waals surface area contributed by atoms with Gasteiger partial charge in [0.15, 0.2) is 0 Å². The molecule has 4 rings (SSSR count). The van der Waals surface area contributed by atoms with Gasteiger partial charge in [-0.15, -0.1) is 0 Å². The predicted molar refractivity (Wildman–Crippen MR) is 82.7 cm³/mol. The predicted octanol–water partition coefficient (Wildman–Crippen LogP) is 3.65. The van der Waals surface area contributed by atoms with Gasteiger partial charge in [-0.25, -0.2) is 0 Å². The van der Waals surface area contributed by atoms with Crippen LogP contribution in [-0.2, 0) is 18.4 Å². The monoisotopic (exact) mass is 318 g/mol. The molecule has 0 atom stereocenters. The molecule has 100 valence electrons. The Labute approximate surface area is 122 Å². The topological polar surface area (TPSA) is 30.9 Å². The molecule has 0 bridgehead atoms. The van der Waals surface area contributed by atoms with E-state index in [9.17, 15) is 0 Å². The van der Waals surface area contributed by atoms with Gasteiger partial charge in [0, 0.05) is 34.1 Å². The average molecular weight is 319 g/mol. The van der Waals surface area contributed by atoms with Gasteiger partial charge in [-0.3, -0.25) is 0 Å². The number of nitrogens with zero attached hydrogens (tertiary/aromatic N) is 1. The number of rotatable bonds is 2. The highest BCUT2D eigenvalue weighted by Gasteiger charge is 2.43. The number of nitrogens with two attached hydrogens (primary N) is 1. The molecule has 0 spiro atoms. The molecule has 1 aromatic heterocycles. The van der Waals surface area contributed by atoms with E-state index in [2.05, 4.69) is 39.6 Å². The summed E-state index contributed by atoms with van der Waals surface area (Å²) >= 11 is 3.80. The van der Waals surface area contributed by atoms with Crippen molar-refractivity contribution in [3.05, 3.63) is 33.4 Å². The van der Waals surface area contributed by atoms with Crippen LogP contribution < -0.4 is 5.73 Å². The third kappa shape index (κ3) is 1.52. The molecule has 0 amide bonds. The molecule has 0 unspecified atom stereocenters. The lowest BCUT2D eigenvalue weighted by molar-refractivity contribution is 0.620. The standard InChI is InChI=1S/C16H19BrN2/c1-10-14(17)13-8-12(16(9-18)4-5-16)7-11-3-2-6-19(10)15(11)13/h7-8H,2-6,9,18H2,1H3. The van der Waals surface area contributed by atoms with Crippen LogP contribution in [0.5, 0.6) is 0 Å². The zero-order chi connectivity index (χ0) is 13.2. The minimum atomic E-state index is 0.289. The van der Waals surface area contributed by atoms with Gasteiger partial charge < -0.3 is 10.3 Å². The van der Waals surface area contributed by atoms with Crippen LogP contribution in [0, 0.1) is 6.92 Å². The van der Waals surface area contributed by atoms with Crippen LogP contribution in [0.25, 0.3) is 10.9 Å². The summed E-state index contributed by atoms with van der Waals surface area (Å²) in [5.41, 5.74) is 12.1. The molecule has 0 radical (unpaired) electrons. The largest absolute Gasteiger partial charge is 0.343 e. The molecule has 19 heavy (non-hydrogen) atoms. The molecular formula is C16H19BrN2. The van der Waals surface area contributed by atoms with Crippen LogP contribution in [0.15, 0.2) is 16.6 Å². The summed E-state index contributed by atoms with van der Waals surface area (Å²) in [5.74, 6) is 0. The normalized spacial score (nSPS) is 19.9. The van der Waals surface area contributed by atoms with Crippen molar-refractivity contribution in [2.24, 2.45) is 5.73 Å². The van der Waals surface area contributed by atoms with E-state index in [-0.39, 0.29) is 5.41 Å². The van der Waals surface area contributed by atoms with E-state index in [1.807, 2.05) is 0 Å². The quantitative estimate of drug-likeness (QED) is 0.900. The van der Waals surface area contributed by atoms with Gasteiger partial charge >= 0.3 is 0 Å². The van der Waals surface area contributed by atoms with E-state index in [4.69, 9.17) is 5.73 Å². The minimum absolute atomic E-state index is 0.289. The fourth-order valence-corrected chi connectivity index (χ4v) is 4.14. The third-order valence-electron chi connectivity index (χ3n) is 5.10. The van der Waals surface area contributed by atoms with Crippen molar-refractivity contribution in [1.29, 1.82) is 0 Å². The number of hydrogen-bond acceptors (Lipinski definition) is 1. The summed E-state index contributed by atoms with van der Waals surface area (Å²) in [6.07, 6.45) is 4.97. The minimum Gasteiger partial charge on any atom is -0.343 e. The molecule has 2 N–H and O–H groups in total. The second kappa shape index (κ2) is 3.86. The Kier molecular flexibility index (Phi) is 2.43. The van der Waals surface area contributed by atoms with Gasteiger partial charge in [-0.1, -0.05) is 6.07 Å². The number of aryl methyl sites for hydroxylation is 2. The summed E-state index contributed by atoms with van der Waals surface area (Å²) in [5, 5.41) is 1.39. The van der Waals surface area contributed by atoms with Crippen molar-refractivity contribution < 1.29 is 0 Å². The van der Waals surface area contributed by atoms with E-state index in [1.165, 1.54) is 57.9 Å². The lowest BCUT2D eigenvalue weighted by Gasteiger charge is -2.20. The number of benzene rings is 1. The van der Waals surface area contributed by atoms with Gasteiger partial charge in [0.2, 0.25) is 0 Å². The first-order valence-corrected chi connectivity index (χ1v) is 7.97. The summed E-state index contributed by atoms with van der Waals surface area (Å²) in [4.78, 5) is 0. The van der Waals surface area contributed by atoms with Gasteiger partial charge in [0.25, 0.3) is 0 Å². The maximum Gasteiger partial charge on any atom is 0.0526 e. The summed E-state index contributed by atoms with van der Waals surface area (Å²) in [6, 6.07) is 4.82. The number of aromatic nitrogens is 1. The van der Waals surface area contributed by atoms with Gasteiger partial charge in [-0.05, 0) is 65.7 Å². The molecule has 0 saturated heterocycles. The van der Waals surface area contributed by atoms with Crippen LogP contribution in [0.4, 0.5) is 0 Å². The summed E-state index contributed by atoms with van der Waals surface area (Å²) in [7, 11) is 0. The number of halogens is 1. The molecule has 2 aliphatic rings. The third-order valence-corrected chi connectivity index (χ3v) is 6.10. The second-order valence-corrected chi connectivity index (χ2v) is 6.96. The van der Waals surface area contributed by atoms with Gasteiger partial charge in [-0.2, -0.15) is 0 Å². The van der Waals surface area contributed by atoms with Crippen LogP contribution in [0.1, 0.15) is 36.1 Å². The lowest BCUT2D eigenvalue weighted by Crippen LogP contribution is -2.20. The molecule has 2 nitrogen and oxygen atoms in total. The first kappa shape index (κ1) is 12.0. The highest BCUT2D eigenvalue weighted by atomic mass is 79.9. The molecule has 1 saturated carbocycles. The van der Waals surface area contributed by atoms with Crippen molar-refractivity contribution >= 4 is 26.8 Å². The van der Waals surface area contributed by atoms with Gasteiger partial charge in [0.05, 0.1) is 5.52 Å². The van der Waals surface area contributed by atoms with Crippen molar-refractivity contribution in [2.45, 2.75) is 44.6 Å². The molecule has 2 heterocycles. The van der Waals surface area contributed by atoms with Crippen molar-refractivity contribution in [2.75, 3.05) is 6.54 Å². The molecular weight excluding hydrogens is 300 g/mol. The zero-order valence-electron chi connectivity index (χ0n) is 11.3. The van der Waals surface area contributed by atoms with Crippen molar-refractivity contribution in [3.8, 4) is 0 Å². The van der Waals surface area contributed by atoms with E-state index < -0.39 is 0 Å². The van der Waals surface area contributed by atoms with Crippen molar-refractivity contribution in [1.82, 2.24) is 4.57 Å². The van der Waals surface area contributed by atoms with E-state index in [1.54, 1.807) is 0 Å². The Balaban J connectivity index is 2.04. The highest BCUT2D eigenvalue weighted by molar-refractivity contribution is 9.10. The Morgan fingerprint density at radius 2 is 2.16 bits per heavy atom. The molecule has 1 aromatic carbocycles. The van der Waals surface area contributed by atoms with Gasteiger partial charge in [0.1, 0.15) is 0 Å². The average Bonchev–Trinajstić information content (AvgIpc) is 3.20. The molecule has 1 fully saturated rings. The Hall–Kier alpha value is -0.800. The summed E-state index contributed by atoms with van der Waals surface area (Å²) < 4.78 is 3.75. The van der Waals surface area contributed by atoms with Crippen molar-refractivity contribution in [3.63, 3.8) is 0 Å². The first-order valence-electron chi connectivity index (χ1n) is 7.18. The van der Waals surface area contributed by atoms with Crippen LogP contribution >= 0.6 is 15.9 Å².